The highest BCUT2D eigenvalue weighted by molar-refractivity contribution is 7.89. The Bertz CT molecular complexity index is 669. The molecule has 19 heavy (non-hydrogen) atoms. The fraction of sp³-hybridized carbons (Fsp3) is 0.273. The molecular weight excluding hydrogens is 271 g/mol. The molecule has 0 saturated heterocycles. The Balaban J connectivity index is 2.03. The van der Waals surface area contributed by atoms with E-state index in [1.807, 2.05) is 7.05 Å². The first kappa shape index (κ1) is 13.6. The minimum Gasteiger partial charge on any atom is -0.338 e. The normalized spacial score (nSPS) is 11.7. The van der Waals surface area contributed by atoms with Gasteiger partial charge >= 0.3 is 0 Å². The summed E-state index contributed by atoms with van der Waals surface area (Å²) >= 11 is 0. The van der Waals surface area contributed by atoms with Crippen molar-refractivity contribution in [1.82, 2.24) is 19.3 Å². The second-order valence-electron chi connectivity index (χ2n) is 3.89. The molecule has 0 aliphatic carbocycles. The molecule has 2 aromatic rings. The highest BCUT2D eigenvalue weighted by atomic mass is 32.2. The Hall–Kier alpha value is -1.80. The van der Waals surface area contributed by atoms with Gasteiger partial charge in [-0.2, -0.15) is 0 Å². The maximum absolute atomic E-state index is 13.4. The number of aryl methyl sites for hydroxylation is 1. The summed E-state index contributed by atoms with van der Waals surface area (Å²) in [5.74, 6) is -0.129. The van der Waals surface area contributed by atoms with Crippen molar-refractivity contribution < 1.29 is 12.8 Å². The summed E-state index contributed by atoms with van der Waals surface area (Å²) in [7, 11) is -2.12. The molecule has 0 aromatic carbocycles. The molecule has 102 valence electrons. The van der Waals surface area contributed by atoms with E-state index < -0.39 is 20.9 Å². The van der Waals surface area contributed by atoms with Crippen LogP contribution in [0, 0.1) is 5.82 Å². The van der Waals surface area contributed by atoms with E-state index in [-0.39, 0.29) is 6.54 Å². The number of sulfonamides is 1. The van der Waals surface area contributed by atoms with Gasteiger partial charge in [0.05, 0.1) is 0 Å². The third kappa shape index (κ3) is 3.15. The minimum atomic E-state index is -3.93. The molecular formula is C11H13FN4O2S. The number of halogens is 1. The molecule has 0 aliphatic heterocycles. The lowest BCUT2D eigenvalue weighted by molar-refractivity contribution is 0.544. The predicted molar refractivity (Wildman–Crippen MR) is 66.3 cm³/mol. The second-order valence-corrected chi connectivity index (χ2v) is 5.57. The predicted octanol–water partition coefficient (Wildman–Crippen LogP) is 0.475. The van der Waals surface area contributed by atoms with Crippen LogP contribution >= 0.6 is 0 Å². The number of hydrogen-bond donors (Lipinski definition) is 1. The van der Waals surface area contributed by atoms with Crippen LogP contribution in [0.25, 0.3) is 0 Å². The van der Waals surface area contributed by atoms with E-state index in [9.17, 15) is 12.8 Å². The van der Waals surface area contributed by atoms with Crippen molar-refractivity contribution in [3.63, 3.8) is 0 Å². The van der Waals surface area contributed by atoms with Crippen LogP contribution in [0.4, 0.5) is 4.39 Å². The van der Waals surface area contributed by atoms with Crippen LogP contribution in [0.3, 0.4) is 0 Å². The third-order valence-electron chi connectivity index (χ3n) is 2.54. The van der Waals surface area contributed by atoms with E-state index in [0.717, 1.165) is 11.9 Å². The largest absolute Gasteiger partial charge is 0.338 e. The van der Waals surface area contributed by atoms with Crippen molar-refractivity contribution in [3.05, 3.63) is 42.4 Å². The molecule has 0 amide bonds. The maximum Gasteiger partial charge on any atom is 0.261 e. The number of imidazole rings is 1. The highest BCUT2D eigenvalue weighted by Crippen LogP contribution is 2.09. The third-order valence-corrected chi connectivity index (χ3v) is 3.93. The summed E-state index contributed by atoms with van der Waals surface area (Å²) < 4.78 is 41.1. The average Bonchev–Trinajstić information content (AvgIpc) is 2.75. The van der Waals surface area contributed by atoms with Crippen LogP contribution in [0.2, 0.25) is 0 Å². The van der Waals surface area contributed by atoms with Gasteiger partial charge in [-0.25, -0.2) is 27.5 Å². The molecule has 0 fully saturated rings. The lowest BCUT2D eigenvalue weighted by atomic mass is 10.4. The van der Waals surface area contributed by atoms with Crippen LogP contribution in [-0.2, 0) is 23.5 Å². The molecule has 0 bridgehead atoms. The first-order valence-electron chi connectivity index (χ1n) is 5.57. The summed E-state index contributed by atoms with van der Waals surface area (Å²) in [5.41, 5.74) is 0. The number of hydrogen-bond acceptors (Lipinski definition) is 4. The molecule has 0 spiro atoms. The number of rotatable bonds is 5. The zero-order valence-corrected chi connectivity index (χ0v) is 11.1. The van der Waals surface area contributed by atoms with E-state index in [4.69, 9.17) is 0 Å². The van der Waals surface area contributed by atoms with E-state index in [1.54, 1.807) is 17.0 Å². The van der Waals surface area contributed by atoms with Crippen molar-refractivity contribution in [2.75, 3.05) is 6.54 Å². The van der Waals surface area contributed by atoms with Gasteiger partial charge in [0.25, 0.3) is 10.0 Å². The summed E-state index contributed by atoms with van der Waals surface area (Å²) in [5, 5.41) is -0.588. The van der Waals surface area contributed by atoms with Crippen molar-refractivity contribution in [3.8, 4) is 0 Å². The number of nitrogens with one attached hydrogen (secondary N) is 1. The molecule has 1 N–H and O–H groups in total. The fourth-order valence-corrected chi connectivity index (χ4v) is 2.60. The topological polar surface area (TPSA) is 76.9 Å². The van der Waals surface area contributed by atoms with Crippen molar-refractivity contribution >= 4 is 10.0 Å². The van der Waals surface area contributed by atoms with Crippen LogP contribution in [0.15, 0.2) is 35.7 Å². The van der Waals surface area contributed by atoms with E-state index in [1.165, 1.54) is 12.3 Å². The SMILES string of the molecule is Cn1ccnc1CCNS(=O)(=O)c1ncccc1F. The molecule has 2 heterocycles. The molecule has 0 saturated carbocycles. The van der Waals surface area contributed by atoms with Gasteiger partial charge in [-0.15, -0.1) is 0 Å². The molecule has 0 aliphatic rings. The lowest BCUT2D eigenvalue weighted by Crippen LogP contribution is -2.28. The van der Waals surface area contributed by atoms with Gasteiger partial charge in [0.1, 0.15) is 5.82 Å². The summed E-state index contributed by atoms with van der Waals surface area (Å²) in [6.45, 7) is 0.128. The summed E-state index contributed by atoms with van der Waals surface area (Å²) in [6.07, 6.45) is 5.04. The van der Waals surface area contributed by atoms with Gasteiger partial charge in [-0.1, -0.05) is 0 Å². The van der Waals surface area contributed by atoms with Gasteiger partial charge in [-0.3, -0.25) is 0 Å². The number of pyridine rings is 1. The quantitative estimate of drug-likeness (QED) is 0.866. The summed E-state index contributed by atoms with van der Waals surface area (Å²) in [4.78, 5) is 7.60. The smallest absolute Gasteiger partial charge is 0.261 e. The number of nitrogens with zero attached hydrogens (tertiary/aromatic N) is 3. The Labute approximate surface area is 110 Å². The van der Waals surface area contributed by atoms with Crippen molar-refractivity contribution in [2.24, 2.45) is 7.05 Å². The van der Waals surface area contributed by atoms with Crippen LogP contribution < -0.4 is 4.72 Å². The lowest BCUT2D eigenvalue weighted by Gasteiger charge is -2.06. The first-order chi connectivity index (χ1) is 9.00. The molecule has 2 aromatic heterocycles. The molecule has 6 nitrogen and oxygen atoms in total. The van der Waals surface area contributed by atoms with E-state index >= 15 is 0 Å². The molecule has 0 radical (unpaired) electrons. The highest BCUT2D eigenvalue weighted by Gasteiger charge is 2.19. The average molecular weight is 284 g/mol. The van der Waals surface area contributed by atoms with Crippen LogP contribution in [0.5, 0.6) is 0 Å². The molecule has 2 rings (SSSR count). The Kier molecular flexibility index (Phi) is 3.91. The van der Waals surface area contributed by atoms with Gasteiger partial charge in [0.15, 0.2) is 5.82 Å². The monoisotopic (exact) mass is 284 g/mol. The number of aromatic nitrogens is 3. The zero-order valence-electron chi connectivity index (χ0n) is 10.2. The van der Waals surface area contributed by atoms with Crippen LogP contribution in [-0.4, -0.2) is 29.5 Å². The van der Waals surface area contributed by atoms with Crippen molar-refractivity contribution in [2.45, 2.75) is 11.4 Å². The maximum atomic E-state index is 13.4. The standard InChI is InChI=1S/C11H13FN4O2S/c1-16-8-7-13-10(16)4-6-15-19(17,18)11-9(12)3-2-5-14-11/h2-3,5,7-8,15H,4,6H2,1H3. The van der Waals surface area contributed by atoms with E-state index in [0.29, 0.717) is 6.42 Å². The Morgan fingerprint density at radius 1 is 1.37 bits per heavy atom. The zero-order chi connectivity index (χ0) is 13.9. The van der Waals surface area contributed by atoms with Crippen molar-refractivity contribution in [1.29, 1.82) is 0 Å². The Morgan fingerprint density at radius 3 is 2.79 bits per heavy atom. The first-order valence-corrected chi connectivity index (χ1v) is 7.05. The van der Waals surface area contributed by atoms with Gasteiger partial charge in [-0.05, 0) is 12.1 Å². The molecule has 0 atom stereocenters. The van der Waals surface area contributed by atoms with Crippen LogP contribution in [0.1, 0.15) is 5.82 Å². The minimum absolute atomic E-state index is 0.128. The van der Waals surface area contributed by atoms with Gasteiger partial charge in [0, 0.05) is 38.6 Å². The Morgan fingerprint density at radius 2 is 2.16 bits per heavy atom. The van der Waals surface area contributed by atoms with Gasteiger partial charge < -0.3 is 4.57 Å². The summed E-state index contributed by atoms with van der Waals surface area (Å²) in [6, 6.07) is 2.39. The molecule has 8 heteroatoms. The molecule has 0 unspecified atom stereocenters. The van der Waals surface area contributed by atoms with E-state index in [2.05, 4.69) is 14.7 Å². The second kappa shape index (κ2) is 5.45. The van der Waals surface area contributed by atoms with Gasteiger partial charge in [0.2, 0.25) is 5.03 Å². The fourth-order valence-electron chi connectivity index (χ4n) is 1.57.